The van der Waals surface area contributed by atoms with E-state index in [1.807, 2.05) is 53.8 Å². The molecule has 27 heavy (non-hydrogen) atoms. The Morgan fingerprint density at radius 2 is 1.81 bits per heavy atom. The summed E-state index contributed by atoms with van der Waals surface area (Å²) in [5, 5.41) is 15.4. The molecule has 3 aromatic rings. The van der Waals surface area contributed by atoms with Crippen molar-refractivity contribution >= 4 is 23.4 Å². The van der Waals surface area contributed by atoms with Gasteiger partial charge in [0.25, 0.3) is 5.22 Å². The van der Waals surface area contributed by atoms with Crippen molar-refractivity contribution in [2.45, 2.75) is 45.1 Å². The number of hydrogen-bond acceptors (Lipinski definition) is 6. The molecule has 1 atom stereocenters. The van der Waals surface area contributed by atoms with Crippen molar-refractivity contribution in [3.05, 3.63) is 40.7 Å². The van der Waals surface area contributed by atoms with Crippen LogP contribution in [0.5, 0.6) is 0 Å². The highest BCUT2D eigenvalue weighted by Crippen LogP contribution is 2.28. The monoisotopic (exact) mass is 385 g/mol. The summed E-state index contributed by atoms with van der Waals surface area (Å²) in [5.74, 6) is 0.321. The maximum absolute atomic E-state index is 12.5. The molecule has 0 bridgehead atoms. The number of thioether (sulfide) groups is 1. The Morgan fingerprint density at radius 1 is 1.15 bits per heavy atom. The van der Waals surface area contributed by atoms with E-state index in [1.54, 1.807) is 4.68 Å². The molecule has 1 amide bonds. The number of hydrogen-bond donors (Lipinski definition) is 1. The first-order valence-corrected chi connectivity index (χ1v) is 9.52. The molecule has 2 aromatic heterocycles. The minimum atomic E-state index is -0.392. The van der Waals surface area contributed by atoms with E-state index in [9.17, 15) is 4.79 Å². The van der Waals surface area contributed by atoms with Crippen molar-refractivity contribution in [2.24, 2.45) is 7.05 Å². The van der Waals surface area contributed by atoms with Crippen molar-refractivity contribution in [3.63, 3.8) is 0 Å². The molecule has 0 saturated carbocycles. The Hall–Kier alpha value is -2.61. The van der Waals surface area contributed by atoms with E-state index < -0.39 is 5.25 Å². The molecule has 0 aliphatic heterocycles. The average Bonchev–Trinajstić information content (AvgIpc) is 3.14. The number of nitrogens with zero attached hydrogens (tertiary/aromatic N) is 4. The van der Waals surface area contributed by atoms with Crippen LogP contribution >= 0.6 is 11.8 Å². The van der Waals surface area contributed by atoms with Gasteiger partial charge in [-0.1, -0.05) is 29.0 Å². The Morgan fingerprint density at radius 3 is 2.41 bits per heavy atom. The maximum Gasteiger partial charge on any atom is 0.277 e. The molecule has 2 heterocycles. The zero-order valence-corrected chi connectivity index (χ0v) is 17.1. The van der Waals surface area contributed by atoms with Crippen molar-refractivity contribution in [2.75, 3.05) is 5.32 Å². The van der Waals surface area contributed by atoms with Crippen LogP contribution in [-0.4, -0.2) is 31.1 Å². The zero-order chi connectivity index (χ0) is 19.7. The third-order valence-corrected chi connectivity index (χ3v) is 5.21. The molecule has 0 unspecified atom stereocenters. The molecule has 0 radical (unpaired) electrons. The van der Waals surface area contributed by atoms with Gasteiger partial charge in [-0.15, -0.1) is 10.2 Å². The zero-order valence-electron chi connectivity index (χ0n) is 16.3. The number of benzene rings is 1. The smallest absolute Gasteiger partial charge is 0.277 e. The minimum absolute atomic E-state index is 0.134. The molecule has 1 aromatic carbocycles. The highest BCUT2D eigenvalue weighted by molar-refractivity contribution is 8.00. The molecular weight excluding hydrogens is 362 g/mol. The molecule has 3 rings (SSSR count). The SMILES string of the molecule is Cc1cc(C)cc(-c2nnc(S[C@H](C)C(=O)Nc3c(C)nn(C)c3C)o2)c1. The number of anilines is 1. The molecule has 142 valence electrons. The maximum atomic E-state index is 12.5. The van der Waals surface area contributed by atoms with Crippen LogP contribution in [0.2, 0.25) is 0 Å². The Balaban J connectivity index is 1.70. The molecular formula is C19H23N5O2S. The van der Waals surface area contributed by atoms with Gasteiger partial charge in [-0.2, -0.15) is 5.10 Å². The third kappa shape index (κ3) is 4.21. The van der Waals surface area contributed by atoms with Gasteiger partial charge in [0.15, 0.2) is 0 Å². The first-order valence-electron chi connectivity index (χ1n) is 8.64. The molecule has 0 fully saturated rings. The van der Waals surface area contributed by atoms with Gasteiger partial charge in [0.1, 0.15) is 0 Å². The van der Waals surface area contributed by atoms with Gasteiger partial charge in [-0.3, -0.25) is 9.48 Å². The summed E-state index contributed by atoms with van der Waals surface area (Å²) in [6.45, 7) is 9.65. The fraction of sp³-hybridized carbons (Fsp3) is 0.368. The van der Waals surface area contributed by atoms with E-state index in [4.69, 9.17) is 4.42 Å². The largest absolute Gasteiger partial charge is 0.411 e. The number of nitrogens with one attached hydrogen (secondary N) is 1. The summed E-state index contributed by atoms with van der Waals surface area (Å²) in [5.41, 5.74) is 5.59. The van der Waals surface area contributed by atoms with Crippen molar-refractivity contribution in [1.82, 2.24) is 20.0 Å². The Kier molecular flexibility index (Phi) is 5.36. The Labute approximate surface area is 162 Å². The van der Waals surface area contributed by atoms with Crippen LogP contribution in [0.4, 0.5) is 5.69 Å². The number of aromatic nitrogens is 4. The van der Waals surface area contributed by atoms with Crippen LogP contribution in [0.25, 0.3) is 11.5 Å². The number of aryl methyl sites for hydroxylation is 4. The van der Waals surface area contributed by atoms with E-state index in [1.165, 1.54) is 11.8 Å². The van der Waals surface area contributed by atoms with Crippen molar-refractivity contribution in [3.8, 4) is 11.5 Å². The van der Waals surface area contributed by atoms with Crippen LogP contribution < -0.4 is 5.32 Å². The lowest BCUT2D eigenvalue weighted by atomic mass is 10.1. The first-order chi connectivity index (χ1) is 12.7. The first kappa shape index (κ1) is 19.2. The second kappa shape index (κ2) is 7.56. The van der Waals surface area contributed by atoms with E-state index in [-0.39, 0.29) is 5.91 Å². The quantitative estimate of drug-likeness (QED) is 0.672. The molecule has 1 N–H and O–H groups in total. The molecule has 0 aliphatic rings. The fourth-order valence-electron chi connectivity index (χ4n) is 2.86. The number of carbonyl (C=O) groups excluding carboxylic acids is 1. The van der Waals surface area contributed by atoms with E-state index in [0.29, 0.717) is 11.1 Å². The van der Waals surface area contributed by atoms with Gasteiger partial charge in [0.2, 0.25) is 11.8 Å². The van der Waals surface area contributed by atoms with Gasteiger partial charge >= 0.3 is 0 Å². The summed E-state index contributed by atoms with van der Waals surface area (Å²) >= 11 is 1.23. The van der Waals surface area contributed by atoms with Crippen LogP contribution in [0.3, 0.4) is 0 Å². The second-order valence-corrected chi connectivity index (χ2v) is 7.96. The van der Waals surface area contributed by atoms with Crippen LogP contribution in [-0.2, 0) is 11.8 Å². The summed E-state index contributed by atoms with van der Waals surface area (Å²) in [7, 11) is 1.85. The molecule has 0 spiro atoms. The van der Waals surface area contributed by atoms with Crippen molar-refractivity contribution in [1.29, 1.82) is 0 Å². The fourth-order valence-corrected chi connectivity index (χ4v) is 3.54. The van der Waals surface area contributed by atoms with Gasteiger partial charge in [0, 0.05) is 12.6 Å². The van der Waals surface area contributed by atoms with Gasteiger partial charge < -0.3 is 9.73 Å². The van der Waals surface area contributed by atoms with Crippen LogP contribution in [0.15, 0.2) is 27.8 Å². The van der Waals surface area contributed by atoms with E-state index in [0.717, 1.165) is 33.8 Å². The minimum Gasteiger partial charge on any atom is -0.411 e. The summed E-state index contributed by atoms with van der Waals surface area (Å²) < 4.78 is 7.49. The number of carbonyl (C=O) groups is 1. The number of amides is 1. The van der Waals surface area contributed by atoms with Gasteiger partial charge in [-0.05, 0) is 46.8 Å². The third-order valence-electron chi connectivity index (χ3n) is 4.28. The number of rotatable bonds is 5. The predicted molar refractivity (Wildman–Crippen MR) is 106 cm³/mol. The van der Waals surface area contributed by atoms with E-state index >= 15 is 0 Å². The average molecular weight is 385 g/mol. The topological polar surface area (TPSA) is 85.8 Å². The Bertz CT molecular complexity index is 972. The summed E-state index contributed by atoms with van der Waals surface area (Å²) in [6.07, 6.45) is 0. The lowest BCUT2D eigenvalue weighted by molar-refractivity contribution is -0.115. The standard InChI is InChI=1S/C19H23N5O2S/c1-10-7-11(2)9-15(8-10)18-21-22-19(26-18)27-14(5)17(25)20-16-12(3)23-24(6)13(16)4/h7-9,14H,1-6H3,(H,20,25)/t14-/m1/s1. The van der Waals surface area contributed by atoms with Crippen LogP contribution in [0.1, 0.15) is 29.4 Å². The van der Waals surface area contributed by atoms with Gasteiger partial charge in [-0.25, -0.2) is 0 Å². The van der Waals surface area contributed by atoms with E-state index in [2.05, 4.69) is 26.7 Å². The normalized spacial score (nSPS) is 12.2. The molecule has 0 saturated heterocycles. The molecule has 8 heteroatoms. The van der Waals surface area contributed by atoms with Crippen LogP contribution in [0, 0.1) is 27.7 Å². The highest BCUT2D eigenvalue weighted by atomic mass is 32.2. The second-order valence-electron chi connectivity index (χ2n) is 6.67. The molecule has 7 nitrogen and oxygen atoms in total. The highest BCUT2D eigenvalue weighted by Gasteiger charge is 2.21. The van der Waals surface area contributed by atoms with Crippen molar-refractivity contribution < 1.29 is 9.21 Å². The summed E-state index contributed by atoms with van der Waals surface area (Å²) in [4.78, 5) is 12.5. The van der Waals surface area contributed by atoms with Gasteiger partial charge in [0.05, 0.1) is 22.3 Å². The lowest BCUT2D eigenvalue weighted by Crippen LogP contribution is -2.23. The predicted octanol–water partition coefficient (Wildman–Crippen LogP) is 3.82. The lowest BCUT2D eigenvalue weighted by Gasteiger charge is -2.10. The summed E-state index contributed by atoms with van der Waals surface area (Å²) in [6, 6.07) is 6.09. The molecule has 0 aliphatic carbocycles.